The van der Waals surface area contributed by atoms with Crippen LogP contribution < -0.4 is 10.6 Å². The van der Waals surface area contributed by atoms with E-state index in [1.165, 1.54) is 0 Å². The molecule has 1 saturated heterocycles. The summed E-state index contributed by atoms with van der Waals surface area (Å²) in [7, 11) is -3.36. The lowest BCUT2D eigenvalue weighted by Gasteiger charge is -2.25. The van der Waals surface area contributed by atoms with Gasteiger partial charge < -0.3 is 10.6 Å². The molecule has 1 aromatic rings. The summed E-state index contributed by atoms with van der Waals surface area (Å²) in [5.74, 6) is 0.786. The minimum atomic E-state index is -3.36. The van der Waals surface area contributed by atoms with Crippen molar-refractivity contribution in [3.8, 4) is 0 Å². The van der Waals surface area contributed by atoms with Crippen LogP contribution >= 0.6 is 0 Å². The molecule has 0 aromatic heterocycles. The Morgan fingerprint density at radius 3 is 2.36 bits per heavy atom. The normalized spacial score (nSPS) is 16.6. The second-order valence-corrected chi connectivity index (χ2v) is 8.17. The molecule has 0 amide bonds. The number of rotatable bonds is 7. The number of nitrogens with zero attached hydrogens (tertiary/aromatic N) is 2. The molecule has 7 heteroatoms. The Kier molecular flexibility index (Phi) is 7.71. The van der Waals surface area contributed by atoms with Gasteiger partial charge in [-0.1, -0.05) is 25.5 Å². The maximum absolute atomic E-state index is 12.6. The third-order valence-corrected chi connectivity index (χ3v) is 6.10. The van der Waals surface area contributed by atoms with Gasteiger partial charge in [-0.15, -0.1) is 0 Å². The Balaban J connectivity index is 2.03. The van der Waals surface area contributed by atoms with Gasteiger partial charge in [-0.2, -0.15) is 4.31 Å². The number of aliphatic imine (C=N–C) groups is 1. The molecule has 1 fully saturated rings. The summed E-state index contributed by atoms with van der Waals surface area (Å²) < 4.78 is 26.9. The highest BCUT2D eigenvalue weighted by atomic mass is 32.2. The summed E-state index contributed by atoms with van der Waals surface area (Å²) in [5.41, 5.74) is 0.992. The van der Waals surface area contributed by atoms with Crippen molar-refractivity contribution in [2.45, 2.75) is 51.0 Å². The average molecular weight is 367 g/mol. The molecule has 1 heterocycles. The molecule has 2 N–H and O–H groups in total. The van der Waals surface area contributed by atoms with Crippen molar-refractivity contribution >= 4 is 16.0 Å². The van der Waals surface area contributed by atoms with Gasteiger partial charge in [-0.3, -0.25) is 0 Å². The lowest BCUT2D eigenvalue weighted by molar-refractivity contribution is 0.346. The van der Waals surface area contributed by atoms with E-state index in [0.29, 0.717) is 24.5 Å². The van der Waals surface area contributed by atoms with Crippen LogP contribution in [0.15, 0.2) is 34.2 Å². The fraction of sp³-hybridized carbons (Fsp3) is 0.611. The van der Waals surface area contributed by atoms with Gasteiger partial charge in [0.05, 0.1) is 11.4 Å². The second-order valence-electron chi connectivity index (χ2n) is 6.23. The van der Waals surface area contributed by atoms with Crippen LogP contribution in [0.3, 0.4) is 0 Å². The molecular formula is C18H30N4O2S. The van der Waals surface area contributed by atoms with Crippen molar-refractivity contribution in [3.63, 3.8) is 0 Å². The summed E-state index contributed by atoms with van der Waals surface area (Å²) in [5, 5.41) is 6.46. The predicted molar refractivity (Wildman–Crippen MR) is 102 cm³/mol. The van der Waals surface area contributed by atoms with Gasteiger partial charge in [0.1, 0.15) is 0 Å². The maximum Gasteiger partial charge on any atom is 0.243 e. The van der Waals surface area contributed by atoms with Crippen molar-refractivity contribution < 1.29 is 8.42 Å². The van der Waals surface area contributed by atoms with Crippen molar-refractivity contribution in [1.82, 2.24) is 14.9 Å². The third-order valence-electron chi connectivity index (χ3n) is 4.18. The van der Waals surface area contributed by atoms with Crippen molar-refractivity contribution in [1.29, 1.82) is 0 Å². The topological polar surface area (TPSA) is 73.8 Å². The first-order chi connectivity index (χ1) is 12.1. The number of guanidine groups is 1. The van der Waals surface area contributed by atoms with Gasteiger partial charge in [0.25, 0.3) is 0 Å². The molecule has 0 bridgehead atoms. The standard InChI is InChI=1S/C18H30N4O2S/c1-3-12-20-18(19-4-2)21-15-16-8-10-17(11-9-16)25(23,24)22-13-6-5-7-14-22/h8-11H,3-7,12-15H2,1-2H3,(H2,19,20,21). The van der Waals surface area contributed by atoms with Crippen LogP contribution in [-0.2, 0) is 16.6 Å². The highest BCUT2D eigenvalue weighted by Crippen LogP contribution is 2.21. The van der Waals surface area contributed by atoms with E-state index in [4.69, 9.17) is 0 Å². The Bertz CT molecular complexity index is 650. The van der Waals surface area contributed by atoms with E-state index < -0.39 is 10.0 Å². The van der Waals surface area contributed by atoms with Gasteiger partial charge in [-0.05, 0) is 43.9 Å². The van der Waals surface area contributed by atoms with Crippen LogP contribution in [0.4, 0.5) is 0 Å². The molecule has 0 radical (unpaired) electrons. The Hall–Kier alpha value is -1.60. The molecule has 1 aromatic carbocycles. The largest absolute Gasteiger partial charge is 0.357 e. The number of hydrogen-bond donors (Lipinski definition) is 2. The van der Waals surface area contributed by atoms with E-state index >= 15 is 0 Å². The molecule has 0 unspecified atom stereocenters. The third kappa shape index (κ3) is 5.71. The lowest BCUT2D eigenvalue weighted by atomic mass is 10.2. The van der Waals surface area contributed by atoms with Gasteiger partial charge in [0.2, 0.25) is 10.0 Å². The molecule has 0 saturated carbocycles. The summed E-state index contributed by atoms with van der Waals surface area (Å²) in [6.07, 6.45) is 4.05. The van der Waals surface area contributed by atoms with Crippen molar-refractivity contribution in [3.05, 3.63) is 29.8 Å². The average Bonchev–Trinajstić information content (AvgIpc) is 2.65. The van der Waals surface area contributed by atoms with Crippen LogP contribution in [-0.4, -0.2) is 44.9 Å². The molecule has 25 heavy (non-hydrogen) atoms. The SMILES string of the molecule is CCCNC(=NCc1ccc(S(=O)(=O)N2CCCCC2)cc1)NCC. The monoisotopic (exact) mass is 366 g/mol. The molecule has 140 valence electrons. The van der Waals surface area contributed by atoms with E-state index in [1.807, 2.05) is 19.1 Å². The smallest absolute Gasteiger partial charge is 0.243 e. The van der Waals surface area contributed by atoms with Crippen LogP contribution in [0.1, 0.15) is 45.1 Å². The molecule has 1 aliphatic rings. The first-order valence-electron chi connectivity index (χ1n) is 9.19. The zero-order valence-corrected chi connectivity index (χ0v) is 16.1. The molecular weight excluding hydrogens is 336 g/mol. The van der Waals surface area contributed by atoms with E-state index in [0.717, 1.165) is 50.3 Å². The number of sulfonamides is 1. The van der Waals surface area contributed by atoms with Gasteiger partial charge in [0.15, 0.2) is 5.96 Å². The molecule has 2 rings (SSSR count). The summed E-state index contributed by atoms with van der Waals surface area (Å²) >= 11 is 0. The highest BCUT2D eigenvalue weighted by Gasteiger charge is 2.25. The molecule has 0 spiro atoms. The van der Waals surface area contributed by atoms with E-state index in [1.54, 1.807) is 16.4 Å². The number of hydrogen-bond acceptors (Lipinski definition) is 3. The maximum atomic E-state index is 12.6. The zero-order chi connectivity index (χ0) is 18.1. The number of piperidine rings is 1. The summed E-state index contributed by atoms with van der Waals surface area (Å²) in [6.45, 7) is 7.60. The zero-order valence-electron chi connectivity index (χ0n) is 15.3. The summed E-state index contributed by atoms with van der Waals surface area (Å²) in [4.78, 5) is 4.91. The molecule has 0 aliphatic carbocycles. The van der Waals surface area contributed by atoms with Crippen molar-refractivity contribution in [2.75, 3.05) is 26.2 Å². The fourth-order valence-electron chi connectivity index (χ4n) is 2.78. The van der Waals surface area contributed by atoms with Crippen LogP contribution in [0.5, 0.6) is 0 Å². The minimum absolute atomic E-state index is 0.373. The number of nitrogens with one attached hydrogen (secondary N) is 2. The lowest BCUT2D eigenvalue weighted by Crippen LogP contribution is -2.37. The van der Waals surface area contributed by atoms with E-state index in [-0.39, 0.29) is 0 Å². The fourth-order valence-corrected chi connectivity index (χ4v) is 4.29. The van der Waals surface area contributed by atoms with Gasteiger partial charge in [0, 0.05) is 26.2 Å². The second kappa shape index (κ2) is 9.77. The minimum Gasteiger partial charge on any atom is -0.357 e. The Morgan fingerprint density at radius 1 is 1.08 bits per heavy atom. The Labute approximate surface area is 151 Å². The van der Waals surface area contributed by atoms with E-state index in [2.05, 4.69) is 22.5 Å². The predicted octanol–water partition coefficient (Wildman–Crippen LogP) is 2.33. The first kappa shape index (κ1) is 19.7. The quantitative estimate of drug-likeness (QED) is 0.574. The molecule has 1 aliphatic heterocycles. The van der Waals surface area contributed by atoms with Gasteiger partial charge >= 0.3 is 0 Å². The van der Waals surface area contributed by atoms with Crippen LogP contribution in [0.25, 0.3) is 0 Å². The first-order valence-corrected chi connectivity index (χ1v) is 10.6. The number of benzene rings is 1. The van der Waals surface area contributed by atoms with Crippen LogP contribution in [0, 0.1) is 0 Å². The molecule has 6 nitrogen and oxygen atoms in total. The molecule has 0 atom stereocenters. The Morgan fingerprint density at radius 2 is 1.76 bits per heavy atom. The highest BCUT2D eigenvalue weighted by molar-refractivity contribution is 7.89. The summed E-state index contributed by atoms with van der Waals surface area (Å²) in [6, 6.07) is 7.09. The van der Waals surface area contributed by atoms with Crippen molar-refractivity contribution in [2.24, 2.45) is 4.99 Å². The van der Waals surface area contributed by atoms with Crippen LogP contribution in [0.2, 0.25) is 0 Å². The van der Waals surface area contributed by atoms with Gasteiger partial charge in [-0.25, -0.2) is 13.4 Å². The van der Waals surface area contributed by atoms with E-state index in [9.17, 15) is 8.42 Å².